The average molecular weight is 1630 g/mol. The molecule has 0 N–H and O–H groups in total. The summed E-state index contributed by atoms with van der Waals surface area (Å²) < 4.78 is 9.58. The van der Waals surface area contributed by atoms with Crippen molar-refractivity contribution in [2.24, 2.45) is 0 Å². The Labute approximate surface area is 737 Å². The highest BCUT2D eigenvalue weighted by atomic mass is 15.0. The Morgan fingerprint density at radius 1 is 0.125 bits per heavy atom. The predicted molar refractivity (Wildman–Crippen MR) is 530 cm³/mol. The van der Waals surface area contributed by atoms with Gasteiger partial charge in [-0.15, -0.1) is 0 Å². The van der Waals surface area contributed by atoms with E-state index in [0.717, 1.165) is 156 Å². The zero-order valence-electron chi connectivity index (χ0n) is 69.3. The molecule has 6 aromatic heterocycles. The highest BCUT2D eigenvalue weighted by molar-refractivity contribution is 6.15. The summed E-state index contributed by atoms with van der Waals surface area (Å²) >= 11 is 0. The summed E-state index contributed by atoms with van der Waals surface area (Å²) in [4.78, 5) is 26.8. The zero-order valence-corrected chi connectivity index (χ0v) is 69.3. The van der Waals surface area contributed by atoms with E-state index in [1.165, 1.54) is 65.5 Å². The highest BCUT2D eigenvalue weighted by Crippen LogP contribution is 2.45. The molecule has 596 valence electrons. The van der Waals surface area contributed by atoms with Gasteiger partial charge < -0.3 is 18.3 Å². The van der Waals surface area contributed by atoms with Gasteiger partial charge in [0.15, 0.2) is 23.3 Å². The maximum absolute atomic E-state index is 5.62. The van der Waals surface area contributed by atoms with Crippen LogP contribution in [0.1, 0.15) is 0 Å². The van der Waals surface area contributed by atoms with Crippen molar-refractivity contribution < 1.29 is 0 Å². The molecule has 0 fully saturated rings. The molecule has 0 aliphatic heterocycles. The molecule has 25 rings (SSSR count). The van der Waals surface area contributed by atoms with Crippen molar-refractivity contribution in [2.75, 3.05) is 0 Å². The van der Waals surface area contributed by atoms with Gasteiger partial charge in [-0.2, -0.15) is 0 Å². The van der Waals surface area contributed by atoms with Crippen LogP contribution in [0.4, 0.5) is 0 Å². The number of rotatable bonds is 15. The number of hydrogen-bond donors (Lipinski definition) is 0. The Morgan fingerprint density at radius 2 is 0.414 bits per heavy atom. The van der Waals surface area contributed by atoms with Gasteiger partial charge in [0.05, 0.1) is 55.3 Å². The van der Waals surface area contributed by atoms with Gasteiger partial charge in [0.1, 0.15) is 0 Å². The van der Waals surface area contributed by atoms with Crippen LogP contribution in [0.25, 0.3) is 244 Å². The van der Waals surface area contributed by atoms with E-state index >= 15 is 0 Å². The first-order valence-electron chi connectivity index (χ1n) is 43.5. The van der Waals surface area contributed by atoms with Gasteiger partial charge >= 0.3 is 0 Å². The van der Waals surface area contributed by atoms with Crippen molar-refractivity contribution in [3.63, 3.8) is 0 Å². The first-order valence-corrected chi connectivity index (χ1v) is 43.5. The average Bonchev–Trinajstić information content (AvgIpc) is 1.60. The molecule has 6 heterocycles. The maximum atomic E-state index is 5.62. The quantitative estimate of drug-likeness (QED) is 0.102. The number of hydrogen-bond acceptors (Lipinski definition) is 5. The molecule has 9 heteroatoms. The lowest BCUT2D eigenvalue weighted by Crippen LogP contribution is -2.02. The van der Waals surface area contributed by atoms with Gasteiger partial charge in [0, 0.05) is 99.0 Å². The third kappa shape index (κ3) is 12.7. The van der Waals surface area contributed by atoms with Gasteiger partial charge in [0.2, 0.25) is 0 Å². The van der Waals surface area contributed by atoms with Gasteiger partial charge in [-0.3, -0.25) is 0 Å². The van der Waals surface area contributed by atoms with E-state index in [4.69, 9.17) is 24.9 Å². The first kappa shape index (κ1) is 73.4. The number of nitrogens with zero attached hydrogens (tertiary/aromatic N) is 9. The third-order valence-corrected chi connectivity index (χ3v) is 25.6. The smallest absolute Gasteiger partial charge is 0.164 e. The number of para-hydroxylation sites is 6. The van der Waals surface area contributed by atoms with Crippen LogP contribution >= 0.6 is 0 Å². The summed E-state index contributed by atoms with van der Waals surface area (Å²) in [6.45, 7) is 0. The lowest BCUT2D eigenvalue weighted by molar-refractivity contribution is 1.07. The summed E-state index contributed by atoms with van der Waals surface area (Å²) in [5.41, 5.74) is 33.0. The van der Waals surface area contributed by atoms with Gasteiger partial charge in [-0.25, -0.2) is 24.9 Å². The second-order valence-electron chi connectivity index (χ2n) is 33.1. The number of fused-ring (bicyclic) bond motifs is 13. The molecule has 0 bridgehead atoms. The van der Waals surface area contributed by atoms with Crippen LogP contribution in [0.3, 0.4) is 0 Å². The third-order valence-electron chi connectivity index (χ3n) is 25.6. The van der Waals surface area contributed by atoms with Crippen LogP contribution in [-0.2, 0) is 0 Å². The standard InChI is InChI=1S/C119H75N9/c1-6-26-76(27-7-1)91-67-92(119-123-116(81-28-8-2-9-29-81)122-117(124-119)82-30-10-3-11-31-82)70-96(69-91)128-112-65-60-86(73-105(112)101-62-57-88(75-114(101)128)80-54-50-78(51-55-80)85-59-64-111-104(72-85)99-42-19-23-47-109(99)126(111)94-37-14-5-15-38-94)83-32-24-33-89(66-83)115-102-43-16-20-44-106(102)120-118(121-115)90-34-25-39-95(68-90)127-107-45-21-17-40-97(107)100-61-56-87(74-113(100)127)79-52-48-77(49-53-79)84-58-63-110-103(71-84)98-41-18-22-46-108(98)125(110)93-35-12-4-13-36-93/h1-75H. The Balaban J connectivity index is 0.589. The molecular formula is C119H75N9. The fourth-order valence-corrected chi connectivity index (χ4v) is 19.5. The van der Waals surface area contributed by atoms with Crippen molar-refractivity contribution in [3.05, 3.63) is 455 Å². The predicted octanol–water partition coefficient (Wildman–Crippen LogP) is 30.5. The molecular weight excluding hydrogens is 1560 g/mol. The molecule has 0 aliphatic carbocycles. The minimum Gasteiger partial charge on any atom is -0.309 e. The van der Waals surface area contributed by atoms with Gasteiger partial charge in [0.25, 0.3) is 0 Å². The van der Waals surface area contributed by atoms with Crippen molar-refractivity contribution in [1.82, 2.24) is 43.2 Å². The monoisotopic (exact) mass is 1630 g/mol. The SMILES string of the molecule is c1ccc(-c2cc(-c3nc(-c4ccccc4)nc(-c4ccccc4)n3)cc(-n3c4ccc(-c5cccc(-c6nc(-c7cccc(-n8c9ccccc9c9ccc(-c%10ccc(-c%11ccc%12c(c%11)c%11ccccc%11n%12-c%11ccccc%11)cc%10)cc98)c7)nc7ccccc67)c5)cc4c4ccc(-c5ccc(-c6ccc7c(c6)c6ccccc6n7-c6ccccc6)cc5)cc43)c2)cc1. The summed E-state index contributed by atoms with van der Waals surface area (Å²) in [5, 5.41) is 10.5. The zero-order chi connectivity index (χ0) is 84.3. The second-order valence-corrected chi connectivity index (χ2v) is 33.1. The molecule has 0 saturated carbocycles. The maximum Gasteiger partial charge on any atom is 0.164 e. The normalized spacial score (nSPS) is 11.8. The summed E-state index contributed by atoms with van der Waals surface area (Å²) in [7, 11) is 0. The Morgan fingerprint density at radius 3 is 0.922 bits per heavy atom. The number of benzene rings is 19. The molecule has 9 nitrogen and oxygen atoms in total. The molecule has 19 aromatic carbocycles. The number of aromatic nitrogens is 9. The summed E-state index contributed by atoms with van der Waals surface area (Å²) in [6.07, 6.45) is 0. The van der Waals surface area contributed by atoms with Crippen molar-refractivity contribution in [3.8, 4) is 146 Å². The van der Waals surface area contributed by atoms with Gasteiger partial charge in [-0.1, -0.05) is 322 Å². The Hall–Kier alpha value is -17.3. The fourth-order valence-electron chi connectivity index (χ4n) is 19.5. The van der Waals surface area contributed by atoms with Crippen LogP contribution in [0.5, 0.6) is 0 Å². The van der Waals surface area contributed by atoms with Crippen LogP contribution in [0, 0.1) is 0 Å². The topological polar surface area (TPSA) is 84.2 Å². The molecule has 0 atom stereocenters. The lowest BCUT2D eigenvalue weighted by Gasteiger charge is -2.15. The van der Waals surface area contributed by atoms with Gasteiger partial charge in [-0.05, 0) is 200 Å². The van der Waals surface area contributed by atoms with Crippen molar-refractivity contribution in [2.45, 2.75) is 0 Å². The second kappa shape index (κ2) is 30.4. The van der Waals surface area contributed by atoms with E-state index in [1.54, 1.807) is 0 Å². The van der Waals surface area contributed by atoms with E-state index in [1.807, 2.05) is 36.4 Å². The lowest BCUT2D eigenvalue weighted by atomic mass is 9.97. The van der Waals surface area contributed by atoms with E-state index in [0.29, 0.717) is 23.3 Å². The minimum absolute atomic E-state index is 0.571. The van der Waals surface area contributed by atoms with Crippen LogP contribution in [0.2, 0.25) is 0 Å². The Bertz CT molecular complexity index is 8650. The molecule has 128 heavy (non-hydrogen) atoms. The fraction of sp³-hybridized carbons (Fsp3) is 0. The van der Waals surface area contributed by atoms with E-state index < -0.39 is 0 Å². The van der Waals surface area contributed by atoms with Crippen LogP contribution in [-0.4, -0.2) is 43.2 Å². The molecule has 0 spiro atoms. The van der Waals surface area contributed by atoms with E-state index in [-0.39, 0.29) is 0 Å². The first-order chi connectivity index (χ1) is 63.4. The molecule has 0 unspecified atom stereocenters. The molecule has 0 saturated heterocycles. The van der Waals surface area contributed by atoms with Crippen molar-refractivity contribution >= 4 is 98.1 Å². The highest BCUT2D eigenvalue weighted by Gasteiger charge is 2.24. The molecule has 0 radical (unpaired) electrons. The molecule has 0 amide bonds. The van der Waals surface area contributed by atoms with Crippen LogP contribution < -0.4 is 0 Å². The van der Waals surface area contributed by atoms with E-state index in [9.17, 15) is 0 Å². The molecule has 0 aliphatic rings. The van der Waals surface area contributed by atoms with Crippen molar-refractivity contribution in [1.29, 1.82) is 0 Å². The summed E-state index contributed by atoms with van der Waals surface area (Å²) in [5.74, 6) is 2.41. The minimum atomic E-state index is 0.571. The molecule has 25 aromatic rings. The Kier molecular flexibility index (Phi) is 17.4. The van der Waals surface area contributed by atoms with Crippen LogP contribution in [0.15, 0.2) is 455 Å². The summed E-state index contributed by atoms with van der Waals surface area (Å²) in [6, 6.07) is 164. The van der Waals surface area contributed by atoms with E-state index in [2.05, 4.69) is 437 Å². The largest absolute Gasteiger partial charge is 0.309 e.